The van der Waals surface area contributed by atoms with Crippen molar-refractivity contribution in [2.75, 3.05) is 0 Å². The van der Waals surface area contributed by atoms with E-state index in [2.05, 4.69) is 10.3 Å². The van der Waals surface area contributed by atoms with Gasteiger partial charge in [0.2, 0.25) is 0 Å². The lowest BCUT2D eigenvalue weighted by Crippen LogP contribution is -2.35. The molecule has 0 saturated heterocycles. The molecule has 0 aliphatic rings. The highest BCUT2D eigenvalue weighted by Gasteiger charge is 2.18. The van der Waals surface area contributed by atoms with Gasteiger partial charge in [-0.25, -0.2) is 9.48 Å². The molecule has 2 aromatic rings. The van der Waals surface area contributed by atoms with E-state index in [1.54, 1.807) is 6.07 Å². The van der Waals surface area contributed by atoms with E-state index in [-0.39, 0.29) is 11.2 Å². The smallest absolute Gasteiger partial charge is 0.346 e. The average molecular weight is 222 g/mol. The lowest BCUT2D eigenvalue weighted by atomic mass is 10.1. The molecule has 0 unspecified atom stereocenters. The summed E-state index contributed by atoms with van der Waals surface area (Å²) in [6.45, 7) is 6.18. The molecule has 0 N–H and O–H groups in total. The van der Waals surface area contributed by atoms with Gasteiger partial charge in [-0.1, -0.05) is 5.16 Å². The fourth-order valence-electron chi connectivity index (χ4n) is 1.40. The van der Waals surface area contributed by atoms with Crippen molar-refractivity contribution in [1.29, 1.82) is 0 Å². The minimum atomic E-state index is -0.313. The van der Waals surface area contributed by atoms with Crippen LogP contribution in [-0.4, -0.2) is 19.5 Å². The largest absolute Gasteiger partial charge is 0.364 e. The normalized spacial score (nSPS) is 11.9. The van der Waals surface area contributed by atoms with Crippen molar-refractivity contribution in [1.82, 2.24) is 19.5 Å². The summed E-state index contributed by atoms with van der Waals surface area (Å²) in [5, 5.41) is 7.83. The van der Waals surface area contributed by atoms with E-state index in [0.29, 0.717) is 12.2 Å². The molecule has 0 fully saturated rings. The van der Waals surface area contributed by atoms with E-state index in [1.807, 2.05) is 20.8 Å². The van der Waals surface area contributed by atoms with E-state index in [9.17, 15) is 4.79 Å². The maximum atomic E-state index is 11.9. The molecule has 2 rings (SSSR count). The molecule has 86 valence electrons. The standard InChI is InChI=1S/C10H14N4O2/c1-10(2,3)14-9(15)13(7-11-14)6-8-4-5-16-12-8/h4-5,7H,6H2,1-3H3. The summed E-state index contributed by atoms with van der Waals surface area (Å²) in [6, 6.07) is 1.72. The molecule has 0 radical (unpaired) electrons. The van der Waals surface area contributed by atoms with Gasteiger partial charge < -0.3 is 4.52 Å². The summed E-state index contributed by atoms with van der Waals surface area (Å²) >= 11 is 0. The third kappa shape index (κ3) is 1.91. The summed E-state index contributed by atoms with van der Waals surface area (Å²) in [6.07, 6.45) is 3.00. The van der Waals surface area contributed by atoms with E-state index in [4.69, 9.17) is 4.52 Å². The minimum absolute atomic E-state index is 0.143. The van der Waals surface area contributed by atoms with Gasteiger partial charge >= 0.3 is 5.69 Å². The van der Waals surface area contributed by atoms with Gasteiger partial charge in [-0.05, 0) is 20.8 Å². The van der Waals surface area contributed by atoms with Gasteiger partial charge in [0, 0.05) is 6.07 Å². The van der Waals surface area contributed by atoms with Crippen LogP contribution in [0.3, 0.4) is 0 Å². The van der Waals surface area contributed by atoms with E-state index >= 15 is 0 Å². The molecule has 6 nitrogen and oxygen atoms in total. The van der Waals surface area contributed by atoms with Gasteiger partial charge in [-0.2, -0.15) is 5.10 Å². The molecule has 2 heterocycles. The molecule has 16 heavy (non-hydrogen) atoms. The molecule has 0 aromatic carbocycles. The van der Waals surface area contributed by atoms with Crippen LogP contribution in [0.5, 0.6) is 0 Å². The Morgan fingerprint density at radius 3 is 2.69 bits per heavy atom. The third-order valence-corrected chi connectivity index (χ3v) is 2.19. The Bertz CT molecular complexity index is 516. The van der Waals surface area contributed by atoms with Crippen LogP contribution in [0, 0.1) is 0 Å². The summed E-state index contributed by atoms with van der Waals surface area (Å²) in [4.78, 5) is 11.9. The fraction of sp³-hybridized carbons (Fsp3) is 0.500. The second-order valence-electron chi connectivity index (χ2n) is 4.61. The van der Waals surface area contributed by atoms with Crippen molar-refractivity contribution < 1.29 is 4.52 Å². The monoisotopic (exact) mass is 222 g/mol. The number of aromatic nitrogens is 4. The van der Waals surface area contributed by atoms with Crippen LogP contribution in [0.15, 0.2) is 28.0 Å². The molecule has 2 aromatic heterocycles. The number of rotatable bonds is 2. The van der Waals surface area contributed by atoms with E-state index in [0.717, 1.165) is 0 Å². The van der Waals surface area contributed by atoms with Crippen LogP contribution in [0.1, 0.15) is 26.5 Å². The Hall–Kier alpha value is -1.85. The first-order valence-corrected chi connectivity index (χ1v) is 5.03. The molecule has 0 saturated carbocycles. The second kappa shape index (κ2) is 3.62. The van der Waals surface area contributed by atoms with Crippen molar-refractivity contribution in [3.8, 4) is 0 Å². The van der Waals surface area contributed by atoms with Crippen molar-refractivity contribution in [3.05, 3.63) is 34.8 Å². The van der Waals surface area contributed by atoms with Crippen LogP contribution < -0.4 is 5.69 Å². The highest BCUT2D eigenvalue weighted by atomic mass is 16.5. The first-order valence-electron chi connectivity index (χ1n) is 5.03. The molecule has 6 heteroatoms. The fourth-order valence-corrected chi connectivity index (χ4v) is 1.40. The number of nitrogens with zero attached hydrogens (tertiary/aromatic N) is 4. The molecule has 0 bridgehead atoms. The topological polar surface area (TPSA) is 65.8 Å². The second-order valence-corrected chi connectivity index (χ2v) is 4.61. The van der Waals surface area contributed by atoms with Gasteiger partial charge in [0.15, 0.2) is 0 Å². The highest BCUT2D eigenvalue weighted by Crippen LogP contribution is 2.08. The molecular weight excluding hydrogens is 208 g/mol. The maximum absolute atomic E-state index is 11.9. The Morgan fingerprint density at radius 1 is 1.44 bits per heavy atom. The van der Waals surface area contributed by atoms with Crippen molar-refractivity contribution in [3.63, 3.8) is 0 Å². The number of hydrogen-bond donors (Lipinski definition) is 0. The van der Waals surface area contributed by atoms with Gasteiger partial charge in [-0.3, -0.25) is 4.57 Å². The van der Waals surface area contributed by atoms with Crippen LogP contribution in [0.25, 0.3) is 0 Å². The zero-order valence-corrected chi connectivity index (χ0v) is 9.54. The lowest BCUT2D eigenvalue weighted by molar-refractivity contribution is 0.340. The van der Waals surface area contributed by atoms with E-state index < -0.39 is 0 Å². The third-order valence-electron chi connectivity index (χ3n) is 2.19. The molecule has 0 spiro atoms. The summed E-state index contributed by atoms with van der Waals surface area (Å²) in [7, 11) is 0. The molecule has 0 atom stereocenters. The predicted molar refractivity (Wildman–Crippen MR) is 57.1 cm³/mol. The quantitative estimate of drug-likeness (QED) is 0.755. The number of hydrogen-bond acceptors (Lipinski definition) is 4. The maximum Gasteiger partial charge on any atom is 0.346 e. The Labute approximate surface area is 92.5 Å². The summed E-state index contributed by atoms with van der Waals surface area (Å²) in [5.74, 6) is 0. The van der Waals surface area contributed by atoms with Crippen LogP contribution >= 0.6 is 0 Å². The predicted octanol–water partition coefficient (Wildman–Crippen LogP) is 0.836. The van der Waals surface area contributed by atoms with E-state index in [1.165, 1.54) is 21.8 Å². The Morgan fingerprint density at radius 2 is 2.19 bits per heavy atom. The Balaban J connectivity index is 2.31. The minimum Gasteiger partial charge on any atom is -0.364 e. The van der Waals surface area contributed by atoms with Gasteiger partial charge in [0.1, 0.15) is 18.3 Å². The van der Waals surface area contributed by atoms with Crippen molar-refractivity contribution in [2.45, 2.75) is 32.9 Å². The SMILES string of the molecule is CC(C)(C)n1ncn(Cc2ccon2)c1=O. The van der Waals surface area contributed by atoms with Crippen LogP contribution in [0.4, 0.5) is 0 Å². The highest BCUT2D eigenvalue weighted by molar-refractivity contribution is 4.96. The lowest BCUT2D eigenvalue weighted by Gasteiger charge is -2.16. The first-order chi connectivity index (χ1) is 7.48. The zero-order valence-electron chi connectivity index (χ0n) is 9.54. The Kier molecular flexibility index (Phi) is 2.41. The van der Waals surface area contributed by atoms with Crippen molar-refractivity contribution in [2.24, 2.45) is 0 Å². The summed E-state index contributed by atoms with van der Waals surface area (Å²) in [5.41, 5.74) is 0.248. The first kappa shape index (κ1) is 10.7. The molecule has 0 aliphatic heterocycles. The van der Waals surface area contributed by atoms with Gasteiger partial charge in [0.05, 0.1) is 12.1 Å². The molecule has 0 aliphatic carbocycles. The molecular formula is C10H14N4O2. The molecule has 0 amide bonds. The average Bonchev–Trinajstić information content (AvgIpc) is 2.76. The van der Waals surface area contributed by atoms with Gasteiger partial charge in [0.25, 0.3) is 0 Å². The van der Waals surface area contributed by atoms with Gasteiger partial charge in [-0.15, -0.1) is 0 Å². The zero-order chi connectivity index (χ0) is 11.8. The summed E-state index contributed by atoms with van der Waals surface area (Å²) < 4.78 is 7.66. The van der Waals surface area contributed by atoms with Crippen LogP contribution in [0.2, 0.25) is 0 Å². The van der Waals surface area contributed by atoms with Crippen molar-refractivity contribution >= 4 is 0 Å². The van der Waals surface area contributed by atoms with Crippen LogP contribution in [-0.2, 0) is 12.1 Å².